The molecule has 1 aromatic rings. The smallest absolute Gasteiger partial charge is 0.0817 e. The van der Waals surface area contributed by atoms with Gasteiger partial charge in [0.15, 0.2) is 0 Å². The molecule has 0 aromatic carbocycles. The minimum Gasteiger partial charge on any atom is -0.317 e. The molecule has 0 aliphatic heterocycles. The first-order valence-corrected chi connectivity index (χ1v) is 6.08. The monoisotopic (exact) mass is 229 g/mol. The molecule has 0 fully saturated rings. The summed E-state index contributed by atoms with van der Waals surface area (Å²) in [5.41, 5.74) is 1.18. The highest BCUT2D eigenvalue weighted by atomic mass is 35.5. The van der Waals surface area contributed by atoms with Gasteiger partial charge in [-0.2, -0.15) is 5.10 Å². The van der Waals surface area contributed by atoms with E-state index in [1.54, 1.807) is 6.20 Å². The normalized spacial score (nSPS) is 10.9. The molecule has 1 aromatic heterocycles. The van der Waals surface area contributed by atoms with Crippen LogP contribution < -0.4 is 5.32 Å². The molecule has 15 heavy (non-hydrogen) atoms. The van der Waals surface area contributed by atoms with Gasteiger partial charge in [0.1, 0.15) is 0 Å². The summed E-state index contributed by atoms with van der Waals surface area (Å²) in [5, 5.41) is 8.38. The van der Waals surface area contributed by atoms with Crippen molar-refractivity contribution in [1.29, 1.82) is 0 Å². The van der Waals surface area contributed by atoms with Crippen molar-refractivity contribution in [2.24, 2.45) is 0 Å². The van der Waals surface area contributed by atoms with Gasteiger partial charge in [0, 0.05) is 6.54 Å². The molecule has 0 saturated heterocycles. The lowest BCUT2D eigenvalue weighted by Crippen LogP contribution is -2.15. The minimum atomic E-state index is 0.806. The third-order valence-corrected chi connectivity index (χ3v) is 2.67. The summed E-state index contributed by atoms with van der Waals surface area (Å²) < 4.78 is 2.02. The summed E-state index contributed by atoms with van der Waals surface area (Å²) in [4.78, 5) is 0. The van der Waals surface area contributed by atoms with E-state index < -0.39 is 0 Å². The third-order valence-electron chi connectivity index (χ3n) is 2.35. The van der Waals surface area contributed by atoms with Crippen molar-refractivity contribution in [3.63, 3.8) is 0 Å². The van der Waals surface area contributed by atoms with Crippen LogP contribution in [0, 0.1) is 0 Å². The van der Waals surface area contributed by atoms with Crippen LogP contribution in [0.1, 0.15) is 32.4 Å². The van der Waals surface area contributed by atoms with Crippen molar-refractivity contribution >= 4 is 11.6 Å². The number of aromatic nitrogens is 2. The average Bonchev–Trinajstić information content (AvgIpc) is 2.56. The zero-order chi connectivity index (χ0) is 11.1. The predicted molar refractivity (Wildman–Crippen MR) is 64.4 cm³/mol. The van der Waals surface area contributed by atoms with Crippen LogP contribution in [0.15, 0.2) is 6.20 Å². The molecule has 0 aliphatic rings. The van der Waals surface area contributed by atoms with Gasteiger partial charge in [0.05, 0.1) is 16.9 Å². The maximum absolute atomic E-state index is 6.09. The van der Waals surface area contributed by atoms with Crippen LogP contribution in [-0.4, -0.2) is 22.9 Å². The topological polar surface area (TPSA) is 29.9 Å². The van der Waals surface area contributed by atoms with Crippen LogP contribution >= 0.6 is 11.6 Å². The first-order chi connectivity index (χ1) is 7.29. The summed E-state index contributed by atoms with van der Waals surface area (Å²) in [5.74, 6) is 0. The molecule has 0 amide bonds. The largest absolute Gasteiger partial charge is 0.317 e. The van der Waals surface area contributed by atoms with Gasteiger partial charge >= 0.3 is 0 Å². The first kappa shape index (κ1) is 12.5. The van der Waals surface area contributed by atoms with Gasteiger partial charge in [-0.15, -0.1) is 0 Å². The van der Waals surface area contributed by atoms with E-state index in [0.29, 0.717) is 0 Å². The van der Waals surface area contributed by atoms with Crippen molar-refractivity contribution < 1.29 is 0 Å². The van der Waals surface area contributed by atoms with Gasteiger partial charge in [-0.1, -0.05) is 25.4 Å². The second kappa shape index (κ2) is 6.85. The summed E-state index contributed by atoms with van der Waals surface area (Å²) in [7, 11) is 0. The van der Waals surface area contributed by atoms with E-state index >= 15 is 0 Å². The molecular formula is C11H20ClN3. The molecule has 3 nitrogen and oxygen atoms in total. The number of hydrogen-bond donors (Lipinski definition) is 1. The fraction of sp³-hybridized carbons (Fsp3) is 0.727. The SMILES string of the molecule is CCCn1ncc(Cl)c1CCCNCC. The summed E-state index contributed by atoms with van der Waals surface area (Å²) in [6.07, 6.45) is 4.97. The molecule has 1 rings (SSSR count). The lowest BCUT2D eigenvalue weighted by Gasteiger charge is -2.06. The molecule has 0 bridgehead atoms. The van der Waals surface area contributed by atoms with Crippen LogP contribution in [0.25, 0.3) is 0 Å². The minimum absolute atomic E-state index is 0.806. The predicted octanol–water partition coefficient (Wildman–Crippen LogP) is 2.49. The van der Waals surface area contributed by atoms with Crippen molar-refractivity contribution in [2.45, 2.75) is 39.7 Å². The van der Waals surface area contributed by atoms with Gasteiger partial charge in [0.25, 0.3) is 0 Å². The Balaban J connectivity index is 2.46. The molecule has 4 heteroatoms. The molecular weight excluding hydrogens is 210 g/mol. The molecule has 0 saturated carbocycles. The Morgan fingerprint density at radius 3 is 2.93 bits per heavy atom. The number of nitrogens with one attached hydrogen (secondary N) is 1. The Hall–Kier alpha value is -0.540. The van der Waals surface area contributed by atoms with Crippen molar-refractivity contribution in [1.82, 2.24) is 15.1 Å². The molecule has 1 N–H and O–H groups in total. The van der Waals surface area contributed by atoms with E-state index in [1.807, 2.05) is 4.68 Å². The highest BCUT2D eigenvalue weighted by molar-refractivity contribution is 6.31. The maximum atomic E-state index is 6.09. The van der Waals surface area contributed by atoms with E-state index in [1.165, 1.54) is 5.69 Å². The van der Waals surface area contributed by atoms with Crippen LogP contribution in [-0.2, 0) is 13.0 Å². The molecule has 0 aliphatic carbocycles. The highest BCUT2D eigenvalue weighted by Crippen LogP contribution is 2.16. The van der Waals surface area contributed by atoms with Crippen LogP contribution in [0.2, 0.25) is 5.02 Å². The Morgan fingerprint density at radius 2 is 2.27 bits per heavy atom. The first-order valence-electron chi connectivity index (χ1n) is 5.70. The van der Waals surface area contributed by atoms with Gasteiger partial charge < -0.3 is 5.32 Å². The summed E-state index contributed by atoms with van der Waals surface area (Å²) in [6, 6.07) is 0. The fourth-order valence-electron chi connectivity index (χ4n) is 1.60. The summed E-state index contributed by atoms with van der Waals surface area (Å²) in [6.45, 7) is 7.31. The molecule has 1 heterocycles. The van der Waals surface area contributed by atoms with Crippen molar-refractivity contribution in [3.05, 3.63) is 16.9 Å². The molecule has 86 valence electrons. The second-order valence-electron chi connectivity index (χ2n) is 3.62. The third kappa shape index (κ3) is 3.84. The van der Waals surface area contributed by atoms with E-state index in [9.17, 15) is 0 Å². The standard InChI is InChI=1S/C11H20ClN3/c1-3-8-15-11(10(12)9-14-15)6-5-7-13-4-2/h9,13H,3-8H2,1-2H3. The van der Waals surface area contributed by atoms with Crippen molar-refractivity contribution in [2.75, 3.05) is 13.1 Å². The Morgan fingerprint density at radius 1 is 1.47 bits per heavy atom. The van der Waals surface area contributed by atoms with Gasteiger partial charge in [-0.25, -0.2) is 0 Å². The summed E-state index contributed by atoms with van der Waals surface area (Å²) >= 11 is 6.09. The molecule has 0 unspecified atom stereocenters. The quantitative estimate of drug-likeness (QED) is 0.729. The lowest BCUT2D eigenvalue weighted by atomic mass is 10.2. The second-order valence-corrected chi connectivity index (χ2v) is 4.03. The fourth-order valence-corrected chi connectivity index (χ4v) is 1.83. The van der Waals surface area contributed by atoms with E-state index in [4.69, 9.17) is 11.6 Å². The van der Waals surface area contributed by atoms with Crippen molar-refractivity contribution in [3.8, 4) is 0 Å². The van der Waals surface area contributed by atoms with Crippen LogP contribution in [0.3, 0.4) is 0 Å². The van der Waals surface area contributed by atoms with Gasteiger partial charge in [-0.05, 0) is 32.4 Å². The number of rotatable bonds is 7. The zero-order valence-electron chi connectivity index (χ0n) is 9.59. The molecule has 0 radical (unpaired) electrons. The Kier molecular flexibility index (Phi) is 5.73. The number of halogens is 1. The van der Waals surface area contributed by atoms with Gasteiger partial charge in [0.2, 0.25) is 0 Å². The van der Waals surface area contributed by atoms with Gasteiger partial charge in [-0.3, -0.25) is 4.68 Å². The highest BCUT2D eigenvalue weighted by Gasteiger charge is 2.07. The maximum Gasteiger partial charge on any atom is 0.0817 e. The Bertz CT molecular complexity index is 283. The lowest BCUT2D eigenvalue weighted by molar-refractivity contribution is 0.560. The molecule has 0 atom stereocenters. The van der Waals surface area contributed by atoms with Crippen LogP contribution in [0.5, 0.6) is 0 Å². The molecule has 0 spiro atoms. The zero-order valence-corrected chi connectivity index (χ0v) is 10.3. The van der Waals surface area contributed by atoms with E-state index in [-0.39, 0.29) is 0 Å². The Labute approximate surface area is 96.8 Å². The van der Waals surface area contributed by atoms with E-state index in [0.717, 1.165) is 43.9 Å². The average molecular weight is 230 g/mol. The number of hydrogen-bond acceptors (Lipinski definition) is 2. The van der Waals surface area contributed by atoms with E-state index in [2.05, 4.69) is 24.3 Å². The van der Waals surface area contributed by atoms with Crippen LogP contribution in [0.4, 0.5) is 0 Å². The number of nitrogens with zero attached hydrogens (tertiary/aromatic N) is 2. The number of aryl methyl sites for hydroxylation is 1.